The average molecular weight is 184 g/mol. The number of fused-ring (bicyclic) bond motifs is 1. The standard InChI is InChI=1S/C10H16O3/c11-10(12)6-7-2-1-3-9-8(7)4-5-13-9/h7-9H,1-6H2,(H,11,12)/t7-,8-,9+/m0/s1. The number of carbonyl (C=O) groups is 1. The zero-order valence-electron chi connectivity index (χ0n) is 7.74. The molecule has 1 aliphatic carbocycles. The Balaban J connectivity index is 1.97. The van der Waals surface area contributed by atoms with Gasteiger partial charge in [0.05, 0.1) is 6.10 Å². The van der Waals surface area contributed by atoms with Crippen molar-refractivity contribution in [3.8, 4) is 0 Å². The number of ether oxygens (including phenoxy) is 1. The van der Waals surface area contributed by atoms with E-state index in [2.05, 4.69) is 0 Å². The number of carboxylic acids is 1. The Kier molecular flexibility index (Phi) is 2.54. The van der Waals surface area contributed by atoms with Gasteiger partial charge in [0, 0.05) is 13.0 Å². The van der Waals surface area contributed by atoms with Crippen LogP contribution < -0.4 is 0 Å². The number of hydrogen-bond acceptors (Lipinski definition) is 2. The molecule has 0 radical (unpaired) electrons. The van der Waals surface area contributed by atoms with E-state index in [1.165, 1.54) is 0 Å². The summed E-state index contributed by atoms with van der Waals surface area (Å²) in [6.07, 6.45) is 5.14. The summed E-state index contributed by atoms with van der Waals surface area (Å²) in [7, 11) is 0. The molecule has 0 spiro atoms. The minimum atomic E-state index is -0.655. The molecule has 0 bridgehead atoms. The van der Waals surface area contributed by atoms with Crippen LogP contribution in [0.15, 0.2) is 0 Å². The van der Waals surface area contributed by atoms with Crippen LogP contribution in [0.5, 0.6) is 0 Å². The minimum Gasteiger partial charge on any atom is -0.481 e. The molecular formula is C10H16O3. The zero-order chi connectivity index (χ0) is 9.26. The molecule has 2 rings (SSSR count). The molecule has 1 heterocycles. The highest BCUT2D eigenvalue weighted by Gasteiger charge is 2.38. The van der Waals surface area contributed by atoms with E-state index in [1.807, 2.05) is 0 Å². The van der Waals surface area contributed by atoms with Crippen LogP contribution in [0.3, 0.4) is 0 Å². The smallest absolute Gasteiger partial charge is 0.303 e. The normalized spacial score (nSPS) is 38.6. The molecule has 2 aliphatic rings. The third-order valence-corrected chi connectivity index (χ3v) is 3.37. The van der Waals surface area contributed by atoms with Gasteiger partial charge in [0.1, 0.15) is 0 Å². The highest BCUT2D eigenvalue weighted by molar-refractivity contribution is 5.67. The first-order chi connectivity index (χ1) is 6.27. The second-order valence-electron chi connectivity index (χ2n) is 4.15. The summed E-state index contributed by atoms with van der Waals surface area (Å²) in [6, 6.07) is 0. The average Bonchev–Trinajstić information content (AvgIpc) is 2.51. The lowest BCUT2D eigenvalue weighted by molar-refractivity contribution is -0.139. The van der Waals surface area contributed by atoms with Gasteiger partial charge in [-0.05, 0) is 31.1 Å². The highest BCUT2D eigenvalue weighted by Crippen LogP contribution is 2.39. The maximum absolute atomic E-state index is 10.6. The first kappa shape index (κ1) is 9.00. The van der Waals surface area contributed by atoms with E-state index in [4.69, 9.17) is 9.84 Å². The lowest BCUT2D eigenvalue weighted by Gasteiger charge is -2.31. The molecule has 3 atom stereocenters. The predicted octanol–water partition coefficient (Wildman–Crippen LogP) is 1.67. The molecule has 0 aromatic rings. The van der Waals surface area contributed by atoms with Gasteiger partial charge in [-0.1, -0.05) is 6.42 Å². The molecule has 74 valence electrons. The third kappa shape index (κ3) is 1.85. The van der Waals surface area contributed by atoms with Gasteiger partial charge in [-0.15, -0.1) is 0 Å². The van der Waals surface area contributed by atoms with Crippen LogP contribution in [0.25, 0.3) is 0 Å². The minimum absolute atomic E-state index is 0.338. The Hall–Kier alpha value is -0.570. The first-order valence-corrected chi connectivity index (χ1v) is 5.11. The number of carboxylic acid groups (broad SMARTS) is 1. The van der Waals surface area contributed by atoms with Crippen LogP contribution in [-0.2, 0) is 9.53 Å². The topological polar surface area (TPSA) is 46.5 Å². The van der Waals surface area contributed by atoms with Crippen molar-refractivity contribution in [2.45, 2.75) is 38.2 Å². The van der Waals surface area contributed by atoms with Crippen LogP contribution in [0.4, 0.5) is 0 Å². The summed E-state index contributed by atoms with van der Waals surface area (Å²) < 4.78 is 5.58. The van der Waals surface area contributed by atoms with E-state index in [-0.39, 0.29) is 0 Å². The van der Waals surface area contributed by atoms with Gasteiger partial charge in [0.2, 0.25) is 0 Å². The van der Waals surface area contributed by atoms with Gasteiger partial charge in [0.15, 0.2) is 0 Å². The molecule has 2 fully saturated rings. The van der Waals surface area contributed by atoms with E-state index in [1.54, 1.807) is 0 Å². The van der Waals surface area contributed by atoms with Gasteiger partial charge < -0.3 is 9.84 Å². The van der Waals surface area contributed by atoms with Gasteiger partial charge >= 0.3 is 5.97 Å². The van der Waals surface area contributed by atoms with E-state index in [0.29, 0.717) is 24.4 Å². The van der Waals surface area contributed by atoms with E-state index in [0.717, 1.165) is 32.3 Å². The third-order valence-electron chi connectivity index (χ3n) is 3.37. The summed E-state index contributed by atoms with van der Waals surface area (Å²) in [4.78, 5) is 10.6. The van der Waals surface area contributed by atoms with Crippen LogP contribution >= 0.6 is 0 Å². The Bertz CT molecular complexity index is 202. The first-order valence-electron chi connectivity index (χ1n) is 5.11. The van der Waals surface area contributed by atoms with Gasteiger partial charge in [0.25, 0.3) is 0 Å². The molecule has 1 N–H and O–H groups in total. The molecule has 0 aromatic carbocycles. The summed E-state index contributed by atoms with van der Waals surface area (Å²) in [5, 5.41) is 8.74. The second kappa shape index (κ2) is 3.66. The van der Waals surface area contributed by atoms with Crippen LogP contribution in [0, 0.1) is 11.8 Å². The van der Waals surface area contributed by atoms with Crippen molar-refractivity contribution in [1.29, 1.82) is 0 Å². The van der Waals surface area contributed by atoms with Crippen LogP contribution in [0.2, 0.25) is 0 Å². The fraction of sp³-hybridized carbons (Fsp3) is 0.900. The summed E-state index contributed by atoms with van der Waals surface area (Å²) >= 11 is 0. The number of hydrogen-bond donors (Lipinski definition) is 1. The molecule has 3 heteroatoms. The molecule has 0 unspecified atom stereocenters. The zero-order valence-corrected chi connectivity index (χ0v) is 7.74. The second-order valence-corrected chi connectivity index (χ2v) is 4.15. The predicted molar refractivity (Wildman–Crippen MR) is 47.4 cm³/mol. The maximum Gasteiger partial charge on any atom is 0.303 e. The molecular weight excluding hydrogens is 168 g/mol. The molecule has 3 nitrogen and oxygen atoms in total. The number of rotatable bonds is 2. The van der Waals surface area contributed by atoms with E-state index >= 15 is 0 Å². The van der Waals surface area contributed by atoms with E-state index < -0.39 is 5.97 Å². The van der Waals surface area contributed by atoms with Crippen LogP contribution in [0.1, 0.15) is 32.1 Å². The largest absolute Gasteiger partial charge is 0.481 e. The summed E-state index contributed by atoms with van der Waals surface area (Å²) in [5.41, 5.74) is 0. The van der Waals surface area contributed by atoms with Crippen molar-refractivity contribution in [2.75, 3.05) is 6.61 Å². The van der Waals surface area contributed by atoms with Gasteiger partial charge in [-0.3, -0.25) is 4.79 Å². The Morgan fingerprint density at radius 2 is 2.23 bits per heavy atom. The quantitative estimate of drug-likeness (QED) is 0.710. The molecule has 0 amide bonds. The Morgan fingerprint density at radius 1 is 1.38 bits per heavy atom. The lowest BCUT2D eigenvalue weighted by atomic mass is 9.75. The molecule has 0 aromatic heterocycles. The van der Waals surface area contributed by atoms with Crippen LogP contribution in [-0.4, -0.2) is 23.8 Å². The Labute approximate surface area is 78.1 Å². The van der Waals surface area contributed by atoms with Crippen molar-refractivity contribution in [3.05, 3.63) is 0 Å². The van der Waals surface area contributed by atoms with Crippen molar-refractivity contribution in [1.82, 2.24) is 0 Å². The summed E-state index contributed by atoms with van der Waals surface area (Å²) in [5.74, 6) is 0.251. The molecule has 13 heavy (non-hydrogen) atoms. The van der Waals surface area contributed by atoms with Gasteiger partial charge in [-0.25, -0.2) is 0 Å². The molecule has 1 aliphatic heterocycles. The van der Waals surface area contributed by atoms with E-state index in [9.17, 15) is 4.79 Å². The fourth-order valence-corrected chi connectivity index (χ4v) is 2.77. The fourth-order valence-electron chi connectivity index (χ4n) is 2.77. The Morgan fingerprint density at radius 3 is 3.00 bits per heavy atom. The SMILES string of the molecule is O=C(O)C[C@@H]1CCC[C@H]2OCC[C@@H]12. The van der Waals surface area contributed by atoms with Crippen molar-refractivity contribution in [2.24, 2.45) is 11.8 Å². The lowest BCUT2D eigenvalue weighted by Crippen LogP contribution is -2.30. The monoisotopic (exact) mass is 184 g/mol. The van der Waals surface area contributed by atoms with Crippen molar-refractivity contribution in [3.63, 3.8) is 0 Å². The highest BCUT2D eigenvalue weighted by atomic mass is 16.5. The van der Waals surface area contributed by atoms with Gasteiger partial charge in [-0.2, -0.15) is 0 Å². The summed E-state index contributed by atoms with van der Waals surface area (Å²) in [6.45, 7) is 0.839. The number of aliphatic carboxylic acids is 1. The molecule has 1 saturated carbocycles. The van der Waals surface area contributed by atoms with Crippen molar-refractivity contribution < 1.29 is 14.6 Å². The maximum atomic E-state index is 10.6. The van der Waals surface area contributed by atoms with Crippen molar-refractivity contribution >= 4 is 5.97 Å². The molecule has 1 saturated heterocycles.